The Labute approximate surface area is 248 Å². The van der Waals surface area contributed by atoms with Crippen LogP contribution >= 0.6 is 0 Å². The van der Waals surface area contributed by atoms with Crippen molar-refractivity contribution < 1.29 is 24.9 Å². The molecule has 4 fully saturated rings. The molecule has 41 heavy (non-hydrogen) atoms. The van der Waals surface area contributed by atoms with Crippen molar-refractivity contribution in [1.29, 1.82) is 0 Å². The van der Waals surface area contributed by atoms with Gasteiger partial charge in [0.2, 0.25) is 5.91 Å². The van der Waals surface area contributed by atoms with Gasteiger partial charge in [-0.15, -0.1) is 0 Å². The number of amides is 1. The number of carbonyl (C=O) groups is 2. The van der Waals surface area contributed by atoms with Crippen LogP contribution in [0.5, 0.6) is 0 Å². The summed E-state index contributed by atoms with van der Waals surface area (Å²) in [6.45, 7) is 20.0. The zero-order valence-electron chi connectivity index (χ0n) is 27.1. The van der Waals surface area contributed by atoms with Gasteiger partial charge in [0.25, 0.3) is 0 Å². The lowest BCUT2D eigenvalue weighted by Gasteiger charge is -2.71. The van der Waals surface area contributed by atoms with Gasteiger partial charge in [-0.2, -0.15) is 0 Å². The third-order valence-electron chi connectivity index (χ3n) is 14.2. The molecule has 0 aliphatic heterocycles. The third-order valence-corrected chi connectivity index (χ3v) is 14.2. The SMILES string of the molecule is CC(C)[C@H](NC(=O)[C@]12CCC(C)(C)C[C@H]1C1=CC[C@@H]3[C@@]4(C)C[C@@H](O)[C@H](O)C(C)(C)[C@@H]4CC[C@@]3(C)[C@]1(C)CC2)C(=O)O. The molecule has 5 aliphatic carbocycles. The normalized spacial score (nSPS) is 47.1. The predicted molar refractivity (Wildman–Crippen MR) is 161 cm³/mol. The van der Waals surface area contributed by atoms with Gasteiger partial charge in [-0.05, 0) is 109 Å². The maximum absolute atomic E-state index is 14.3. The van der Waals surface area contributed by atoms with Crippen LogP contribution in [-0.4, -0.2) is 45.4 Å². The molecule has 0 aromatic heterocycles. The minimum absolute atomic E-state index is 0.0200. The van der Waals surface area contributed by atoms with Gasteiger partial charge in [0.05, 0.1) is 17.6 Å². The molecule has 0 spiro atoms. The number of aliphatic hydroxyl groups excluding tert-OH is 2. The fourth-order valence-corrected chi connectivity index (χ4v) is 11.6. The summed E-state index contributed by atoms with van der Waals surface area (Å²) in [4.78, 5) is 26.3. The summed E-state index contributed by atoms with van der Waals surface area (Å²) in [5.74, 6) is -0.368. The molecule has 0 aromatic carbocycles. The van der Waals surface area contributed by atoms with E-state index in [1.807, 2.05) is 13.8 Å². The van der Waals surface area contributed by atoms with Gasteiger partial charge in [0.15, 0.2) is 0 Å². The number of carboxylic acids is 1. The summed E-state index contributed by atoms with van der Waals surface area (Å²) in [5, 5.41) is 35.0. The number of hydrogen-bond acceptors (Lipinski definition) is 4. The number of hydrogen-bond donors (Lipinski definition) is 4. The number of carboxylic acid groups (broad SMARTS) is 1. The molecule has 10 atom stereocenters. The van der Waals surface area contributed by atoms with Crippen LogP contribution in [0.25, 0.3) is 0 Å². The van der Waals surface area contributed by atoms with Gasteiger partial charge in [-0.1, -0.05) is 74.0 Å². The first-order valence-corrected chi connectivity index (χ1v) is 16.4. The third kappa shape index (κ3) is 4.23. The molecule has 4 N–H and O–H groups in total. The molecule has 0 bridgehead atoms. The molecule has 0 unspecified atom stereocenters. The molecule has 0 heterocycles. The van der Waals surface area contributed by atoms with E-state index in [9.17, 15) is 24.9 Å². The fraction of sp³-hybridized carbons (Fsp3) is 0.886. The molecule has 0 saturated heterocycles. The Hall–Kier alpha value is -1.40. The van der Waals surface area contributed by atoms with Gasteiger partial charge in [-0.3, -0.25) is 4.79 Å². The van der Waals surface area contributed by atoms with Crippen LogP contribution in [0.15, 0.2) is 11.6 Å². The standard InChI is InChI=1S/C35H57NO5/c1-20(2)26(28(39)40)36-29(41)35-16-14-30(3,4)18-22(35)21-10-11-25-32(7)19-23(37)27(38)31(5,6)24(32)12-13-34(25,9)33(21,8)15-17-35/h10,20,22-27,37-38H,11-19H2,1-9H3,(H,36,41)(H,39,40)/t22-,23+,24-,25+,26-,27-,32-,33+,34+,35-/m0/s1. The van der Waals surface area contributed by atoms with Crippen molar-refractivity contribution in [3.63, 3.8) is 0 Å². The zero-order chi connectivity index (χ0) is 30.6. The second kappa shape index (κ2) is 9.55. The smallest absolute Gasteiger partial charge is 0.326 e. The van der Waals surface area contributed by atoms with E-state index in [1.54, 1.807) is 0 Å². The van der Waals surface area contributed by atoms with E-state index in [2.05, 4.69) is 59.9 Å². The van der Waals surface area contributed by atoms with E-state index in [-0.39, 0.29) is 44.8 Å². The van der Waals surface area contributed by atoms with Crippen LogP contribution in [0.2, 0.25) is 0 Å². The van der Waals surface area contributed by atoms with Crippen molar-refractivity contribution in [1.82, 2.24) is 5.32 Å². The lowest BCUT2D eigenvalue weighted by Crippen LogP contribution is -2.67. The molecule has 232 valence electrons. The van der Waals surface area contributed by atoms with Gasteiger partial charge in [0.1, 0.15) is 6.04 Å². The molecular weight excluding hydrogens is 514 g/mol. The second-order valence-corrected chi connectivity index (χ2v) is 17.4. The Morgan fingerprint density at radius 1 is 0.902 bits per heavy atom. The van der Waals surface area contributed by atoms with E-state index in [4.69, 9.17) is 0 Å². The van der Waals surface area contributed by atoms with Crippen molar-refractivity contribution in [3.8, 4) is 0 Å². The summed E-state index contributed by atoms with van der Waals surface area (Å²) < 4.78 is 0. The van der Waals surface area contributed by atoms with Crippen molar-refractivity contribution in [2.24, 2.45) is 56.2 Å². The van der Waals surface area contributed by atoms with Crippen LogP contribution in [-0.2, 0) is 9.59 Å². The Morgan fingerprint density at radius 3 is 2.15 bits per heavy atom. The molecule has 6 nitrogen and oxygen atoms in total. The van der Waals surface area contributed by atoms with Gasteiger partial charge >= 0.3 is 5.97 Å². The van der Waals surface area contributed by atoms with Gasteiger partial charge in [0, 0.05) is 0 Å². The number of rotatable bonds is 4. The number of fused-ring (bicyclic) bond motifs is 7. The van der Waals surface area contributed by atoms with Crippen LogP contribution in [0, 0.1) is 56.2 Å². The first-order valence-electron chi connectivity index (χ1n) is 16.4. The fourth-order valence-electron chi connectivity index (χ4n) is 11.6. The summed E-state index contributed by atoms with van der Waals surface area (Å²) in [6, 6.07) is -0.880. The zero-order valence-corrected chi connectivity index (χ0v) is 27.1. The molecule has 5 rings (SSSR count). The van der Waals surface area contributed by atoms with E-state index >= 15 is 0 Å². The van der Waals surface area contributed by atoms with Crippen molar-refractivity contribution >= 4 is 11.9 Å². The number of aliphatic carboxylic acids is 1. The largest absolute Gasteiger partial charge is 0.480 e. The second-order valence-electron chi connectivity index (χ2n) is 17.4. The summed E-state index contributed by atoms with van der Waals surface area (Å²) in [6.07, 6.45) is 9.20. The Kier molecular flexibility index (Phi) is 7.23. The van der Waals surface area contributed by atoms with Crippen molar-refractivity contribution in [2.45, 2.75) is 138 Å². The minimum Gasteiger partial charge on any atom is -0.480 e. The van der Waals surface area contributed by atoms with E-state index in [0.29, 0.717) is 18.3 Å². The number of allylic oxidation sites excluding steroid dienone is 2. The summed E-state index contributed by atoms with van der Waals surface area (Å²) >= 11 is 0. The highest BCUT2D eigenvalue weighted by Crippen LogP contribution is 2.75. The molecule has 0 radical (unpaired) electrons. The maximum atomic E-state index is 14.3. The molecular formula is C35H57NO5. The van der Waals surface area contributed by atoms with Crippen molar-refractivity contribution in [3.05, 3.63) is 11.6 Å². The van der Waals surface area contributed by atoms with Crippen LogP contribution in [0.4, 0.5) is 0 Å². The Bertz CT molecular complexity index is 1130. The highest BCUT2D eigenvalue weighted by Gasteiger charge is 2.70. The van der Waals surface area contributed by atoms with Gasteiger partial charge in [-0.25, -0.2) is 4.79 Å². The molecule has 1 amide bonds. The van der Waals surface area contributed by atoms with E-state index in [1.165, 1.54) is 5.57 Å². The van der Waals surface area contributed by atoms with Gasteiger partial charge < -0.3 is 20.6 Å². The van der Waals surface area contributed by atoms with Crippen LogP contribution in [0.1, 0.15) is 120 Å². The summed E-state index contributed by atoms with van der Waals surface area (Å²) in [5.41, 5.74) is 0.521. The maximum Gasteiger partial charge on any atom is 0.326 e. The quantitative estimate of drug-likeness (QED) is 0.294. The Balaban J connectivity index is 1.57. The molecule has 6 heteroatoms. The molecule has 0 aromatic rings. The topological polar surface area (TPSA) is 107 Å². The first-order chi connectivity index (χ1) is 18.8. The highest BCUT2D eigenvalue weighted by molar-refractivity contribution is 5.88. The number of carbonyl (C=O) groups excluding carboxylic acids is 1. The van der Waals surface area contributed by atoms with E-state index < -0.39 is 29.6 Å². The van der Waals surface area contributed by atoms with Crippen molar-refractivity contribution in [2.75, 3.05) is 0 Å². The molecule has 4 saturated carbocycles. The minimum atomic E-state index is -0.960. The van der Waals surface area contributed by atoms with Crippen LogP contribution in [0.3, 0.4) is 0 Å². The van der Waals surface area contributed by atoms with Crippen LogP contribution < -0.4 is 5.32 Å². The number of aliphatic hydroxyl groups is 2. The number of nitrogens with one attached hydrogen (secondary N) is 1. The highest BCUT2D eigenvalue weighted by atomic mass is 16.4. The predicted octanol–water partition coefficient (Wildman–Crippen LogP) is 6.35. The summed E-state index contributed by atoms with van der Waals surface area (Å²) in [7, 11) is 0. The lowest BCUT2D eigenvalue weighted by atomic mass is 9.33. The first kappa shape index (κ1) is 31.0. The average Bonchev–Trinajstić information content (AvgIpc) is 2.85. The lowest BCUT2D eigenvalue weighted by molar-refractivity contribution is -0.231. The molecule has 5 aliphatic rings. The monoisotopic (exact) mass is 571 g/mol. The van der Waals surface area contributed by atoms with E-state index in [0.717, 1.165) is 51.4 Å². The Morgan fingerprint density at radius 2 is 1.54 bits per heavy atom. The average molecular weight is 572 g/mol.